The summed E-state index contributed by atoms with van der Waals surface area (Å²) in [5, 5.41) is 15.4. The van der Waals surface area contributed by atoms with E-state index in [1.165, 1.54) is 0 Å². The van der Waals surface area contributed by atoms with Gasteiger partial charge in [0.25, 0.3) is 11.7 Å². The number of rotatable bonds is 5. The molecule has 1 atom stereocenters. The largest absolute Gasteiger partial charge is 0.363 e. The lowest BCUT2D eigenvalue weighted by atomic mass is 10.2. The first kappa shape index (κ1) is 14.6. The number of aromatic nitrogens is 6. The molecule has 1 unspecified atom stereocenters. The van der Waals surface area contributed by atoms with Gasteiger partial charge in [0.1, 0.15) is 0 Å². The molecular weight excluding hydrogens is 288 g/mol. The highest BCUT2D eigenvalue weighted by atomic mass is 16.5. The van der Waals surface area contributed by atoms with E-state index in [0.717, 1.165) is 25.2 Å². The number of amides is 1. The highest BCUT2D eigenvalue weighted by molar-refractivity contribution is 5.88. The van der Waals surface area contributed by atoms with Gasteiger partial charge in [0, 0.05) is 0 Å². The van der Waals surface area contributed by atoms with Crippen molar-refractivity contribution in [3.8, 4) is 0 Å². The van der Waals surface area contributed by atoms with E-state index >= 15 is 0 Å². The Hall–Kier alpha value is -2.36. The van der Waals surface area contributed by atoms with Crippen LogP contribution in [0.2, 0.25) is 0 Å². The molecule has 1 amide bonds. The molecule has 10 heteroatoms. The third-order valence-electron chi connectivity index (χ3n) is 3.71. The number of hydrogen-bond donors (Lipinski definition) is 1. The van der Waals surface area contributed by atoms with Crippen LogP contribution >= 0.6 is 0 Å². The highest BCUT2D eigenvalue weighted by Gasteiger charge is 2.32. The van der Waals surface area contributed by atoms with Crippen LogP contribution in [0.25, 0.3) is 0 Å². The van der Waals surface area contributed by atoms with Crippen LogP contribution in [-0.2, 0) is 6.54 Å². The fourth-order valence-electron chi connectivity index (χ4n) is 2.66. The van der Waals surface area contributed by atoms with Crippen molar-refractivity contribution >= 4 is 5.91 Å². The minimum absolute atomic E-state index is 0.0436. The van der Waals surface area contributed by atoms with Crippen molar-refractivity contribution in [1.82, 2.24) is 35.2 Å². The molecule has 1 saturated heterocycles. The number of tetrazole rings is 1. The lowest BCUT2D eigenvalue weighted by Crippen LogP contribution is -2.25. The molecule has 0 saturated carbocycles. The van der Waals surface area contributed by atoms with Gasteiger partial charge in [-0.2, -0.15) is 4.98 Å². The van der Waals surface area contributed by atoms with Crippen molar-refractivity contribution in [2.75, 3.05) is 6.54 Å². The maximum absolute atomic E-state index is 11.1. The summed E-state index contributed by atoms with van der Waals surface area (Å²) in [6, 6.07) is 0.147. The number of primary amides is 1. The van der Waals surface area contributed by atoms with Gasteiger partial charge in [0.2, 0.25) is 5.89 Å². The van der Waals surface area contributed by atoms with E-state index in [9.17, 15) is 4.79 Å². The standard InChI is InChI=1S/C12H18N8O2/c1-7(2)20-9(15-17-18-20)6-19-5-3-4-8(19)12-14-11(10(13)21)16-22-12/h7-8H,3-6H2,1-2H3,(H2,13,21). The Bertz CT molecular complexity index is 664. The number of carbonyl (C=O) groups is 1. The van der Waals surface area contributed by atoms with E-state index in [2.05, 4.69) is 30.6 Å². The Morgan fingerprint density at radius 2 is 2.32 bits per heavy atom. The molecular formula is C12H18N8O2. The second kappa shape index (κ2) is 5.79. The molecule has 0 spiro atoms. The maximum Gasteiger partial charge on any atom is 0.290 e. The molecule has 22 heavy (non-hydrogen) atoms. The third kappa shape index (κ3) is 2.69. The molecule has 1 fully saturated rings. The summed E-state index contributed by atoms with van der Waals surface area (Å²) in [6.45, 7) is 5.52. The smallest absolute Gasteiger partial charge is 0.290 e. The Morgan fingerprint density at radius 3 is 3.00 bits per heavy atom. The molecule has 1 aliphatic rings. The van der Waals surface area contributed by atoms with Crippen LogP contribution in [0.15, 0.2) is 4.52 Å². The number of likely N-dealkylation sites (tertiary alicyclic amines) is 1. The second-order valence-electron chi connectivity index (χ2n) is 5.58. The Labute approximate surface area is 126 Å². The Morgan fingerprint density at radius 1 is 1.50 bits per heavy atom. The molecule has 0 aromatic carbocycles. The predicted molar refractivity (Wildman–Crippen MR) is 73.4 cm³/mol. The number of hydrogen-bond acceptors (Lipinski definition) is 8. The predicted octanol–water partition coefficient (Wildman–Crippen LogP) is 0.0730. The lowest BCUT2D eigenvalue weighted by Gasteiger charge is -2.21. The average molecular weight is 306 g/mol. The van der Waals surface area contributed by atoms with E-state index in [1.54, 1.807) is 4.68 Å². The summed E-state index contributed by atoms with van der Waals surface area (Å²) in [5.41, 5.74) is 5.16. The number of nitrogens with zero attached hydrogens (tertiary/aromatic N) is 7. The quantitative estimate of drug-likeness (QED) is 0.821. The average Bonchev–Trinajstić information content (AvgIpc) is 3.17. The maximum atomic E-state index is 11.1. The van der Waals surface area contributed by atoms with Crippen molar-refractivity contribution in [2.45, 2.75) is 45.3 Å². The summed E-state index contributed by atoms with van der Waals surface area (Å²) in [4.78, 5) is 17.3. The van der Waals surface area contributed by atoms with Gasteiger partial charge >= 0.3 is 0 Å². The molecule has 2 aromatic rings. The normalized spacial score (nSPS) is 19.1. The van der Waals surface area contributed by atoms with Crippen LogP contribution in [0.3, 0.4) is 0 Å². The van der Waals surface area contributed by atoms with Crippen LogP contribution in [0, 0.1) is 0 Å². The van der Waals surface area contributed by atoms with Crippen molar-refractivity contribution in [3.63, 3.8) is 0 Å². The van der Waals surface area contributed by atoms with Crippen LogP contribution in [-0.4, -0.2) is 47.7 Å². The van der Waals surface area contributed by atoms with E-state index in [0.29, 0.717) is 12.4 Å². The van der Waals surface area contributed by atoms with Gasteiger partial charge in [-0.1, -0.05) is 5.16 Å². The van der Waals surface area contributed by atoms with Gasteiger partial charge in [-0.3, -0.25) is 9.69 Å². The summed E-state index contributed by atoms with van der Waals surface area (Å²) in [7, 11) is 0. The van der Waals surface area contributed by atoms with Gasteiger partial charge in [-0.05, 0) is 43.7 Å². The third-order valence-corrected chi connectivity index (χ3v) is 3.71. The van der Waals surface area contributed by atoms with Crippen LogP contribution in [0.1, 0.15) is 61.1 Å². The summed E-state index contributed by atoms with van der Waals surface area (Å²) < 4.78 is 6.96. The molecule has 0 radical (unpaired) electrons. The van der Waals surface area contributed by atoms with Crippen LogP contribution in [0.4, 0.5) is 0 Å². The van der Waals surface area contributed by atoms with Crippen LogP contribution < -0.4 is 5.73 Å². The lowest BCUT2D eigenvalue weighted by molar-refractivity contribution is 0.0987. The molecule has 10 nitrogen and oxygen atoms in total. The minimum Gasteiger partial charge on any atom is -0.363 e. The molecule has 2 aromatic heterocycles. The Kier molecular flexibility index (Phi) is 3.84. The Balaban J connectivity index is 1.78. The molecule has 118 valence electrons. The van der Waals surface area contributed by atoms with Crippen LogP contribution in [0.5, 0.6) is 0 Å². The van der Waals surface area contributed by atoms with Gasteiger partial charge < -0.3 is 10.3 Å². The minimum atomic E-state index is -0.691. The van der Waals surface area contributed by atoms with Gasteiger partial charge in [-0.15, -0.1) is 5.10 Å². The van der Waals surface area contributed by atoms with Gasteiger partial charge in [0.15, 0.2) is 5.82 Å². The van der Waals surface area contributed by atoms with Crippen molar-refractivity contribution < 1.29 is 9.32 Å². The van der Waals surface area contributed by atoms with E-state index < -0.39 is 5.91 Å². The van der Waals surface area contributed by atoms with E-state index in [1.807, 2.05) is 13.8 Å². The van der Waals surface area contributed by atoms with Gasteiger partial charge in [-0.25, -0.2) is 4.68 Å². The first-order valence-electron chi connectivity index (χ1n) is 7.20. The molecule has 3 heterocycles. The first-order valence-corrected chi connectivity index (χ1v) is 7.20. The molecule has 0 bridgehead atoms. The molecule has 3 rings (SSSR count). The zero-order valence-electron chi connectivity index (χ0n) is 12.5. The zero-order chi connectivity index (χ0) is 15.7. The van der Waals surface area contributed by atoms with E-state index in [-0.39, 0.29) is 17.9 Å². The second-order valence-corrected chi connectivity index (χ2v) is 5.58. The first-order chi connectivity index (χ1) is 10.6. The fraction of sp³-hybridized carbons (Fsp3) is 0.667. The molecule has 0 aliphatic carbocycles. The van der Waals surface area contributed by atoms with Crippen molar-refractivity contribution in [1.29, 1.82) is 0 Å². The van der Waals surface area contributed by atoms with Gasteiger partial charge in [0.05, 0.1) is 18.6 Å². The zero-order valence-corrected chi connectivity index (χ0v) is 12.5. The SMILES string of the molecule is CC(C)n1nnnc1CN1CCCC1c1nc(C(N)=O)no1. The van der Waals surface area contributed by atoms with Crippen molar-refractivity contribution in [2.24, 2.45) is 5.73 Å². The van der Waals surface area contributed by atoms with Crippen molar-refractivity contribution in [3.05, 3.63) is 17.5 Å². The monoisotopic (exact) mass is 306 g/mol. The molecule has 2 N–H and O–H groups in total. The number of nitrogens with two attached hydrogens (primary N) is 1. The summed E-state index contributed by atoms with van der Waals surface area (Å²) in [6.07, 6.45) is 1.88. The molecule has 1 aliphatic heterocycles. The highest BCUT2D eigenvalue weighted by Crippen LogP contribution is 2.31. The fourth-order valence-corrected chi connectivity index (χ4v) is 2.66. The number of carbonyl (C=O) groups excluding carboxylic acids is 1. The summed E-state index contributed by atoms with van der Waals surface area (Å²) >= 11 is 0. The topological polar surface area (TPSA) is 129 Å². The van der Waals surface area contributed by atoms with E-state index in [4.69, 9.17) is 10.3 Å². The summed E-state index contributed by atoms with van der Waals surface area (Å²) in [5.74, 6) is 0.420.